The Labute approximate surface area is 210 Å². The van der Waals surface area contributed by atoms with Gasteiger partial charge in [-0.3, -0.25) is 9.36 Å². The molecule has 7 heteroatoms. The number of hydrogen-bond donors (Lipinski definition) is 1. The Morgan fingerprint density at radius 3 is 2.71 bits per heavy atom. The minimum Gasteiger partial charge on any atom is -0.507 e. The van der Waals surface area contributed by atoms with Crippen molar-refractivity contribution in [1.82, 2.24) is 4.57 Å². The fourth-order valence-corrected chi connectivity index (χ4v) is 6.06. The van der Waals surface area contributed by atoms with Gasteiger partial charge in [0.2, 0.25) is 0 Å². The maximum absolute atomic E-state index is 13.8. The van der Waals surface area contributed by atoms with Crippen molar-refractivity contribution in [1.29, 1.82) is 0 Å². The molecule has 1 aliphatic heterocycles. The first-order valence-corrected chi connectivity index (χ1v) is 12.5. The van der Waals surface area contributed by atoms with Gasteiger partial charge in [-0.15, -0.1) is 0 Å². The summed E-state index contributed by atoms with van der Waals surface area (Å²) < 4.78 is 7.64. The standard InChI is InChI=1S/C28H21ClN2O3S/c1-34-20-10-6-17(7-11-20)26-22-12-8-16-4-2-3-5-21(16)25(22)30-28-31(26)27(33)24(35-28)15-18-14-19(29)9-13-23(18)32/h2-7,9-11,13-15,26,32H,8,12H2,1H3/b24-15+/t26-/m0/s1. The second-order valence-corrected chi connectivity index (χ2v) is 10.0. The van der Waals surface area contributed by atoms with Crippen LogP contribution in [0.1, 0.15) is 34.7 Å². The zero-order valence-electron chi connectivity index (χ0n) is 18.9. The number of methoxy groups -OCH3 is 1. The number of thiazole rings is 1. The van der Waals surface area contributed by atoms with E-state index in [9.17, 15) is 9.90 Å². The van der Waals surface area contributed by atoms with E-state index in [-0.39, 0.29) is 17.4 Å². The lowest BCUT2D eigenvalue weighted by molar-refractivity contribution is 0.414. The highest BCUT2D eigenvalue weighted by atomic mass is 35.5. The topological polar surface area (TPSA) is 63.8 Å². The van der Waals surface area contributed by atoms with Crippen LogP contribution in [0.4, 0.5) is 0 Å². The number of rotatable bonds is 3. The van der Waals surface area contributed by atoms with Crippen LogP contribution in [0.25, 0.3) is 11.8 Å². The Balaban J connectivity index is 1.62. The molecule has 0 saturated heterocycles. The number of halogens is 1. The van der Waals surface area contributed by atoms with Crippen LogP contribution in [0.5, 0.6) is 11.5 Å². The predicted molar refractivity (Wildman–Crippen MR) is 139 cm³/mol. The maximum Gasteiger partial charge on any atom is 0.271 e. The highest BCUT2D eigenvalue weighted by molar-refractivity contribution is 7.07. The van der Waals surface area contributed by atoms with Crippen LogP contribution in [0.2, 0.25) is 5.02 Å². The van der Waals surface area contributed by atoms with E-state index < -0.39 is 0 Å². The maximum atomic E-state index is 13.8. The summed E-state index contributed by atoms with van der Waals surface area (Å²) >= 11 is 7.46. The summed E-state index contributed by atoms with van der Waals surface area (Å²) in [6, 6.07) is 20.7. The second kappa shape index (κ2) is 8.56. The van der Waals surface area contributed by atoms with Gasteiger partial charge < -0.3 is 9.84 Å². The Morgan fingerprint density at radius 2 is 1.91 bits per heavy atom. The number of phenolic OH excluding ortho intramolecular Hbond substituents is 1. The molecule has 5 nitrogen and oxygen atoms in total. The molecular weight excluding hydrogens is 480 g/mol. The molecule has 35 heavy (non-hydrogen) atoms. The molecule has 1 atom stereocenters. The van der Waals surface area contributed by atoms with E-state index in [0.29, 0.717) is 19.9 Å². The second-order valence-electron chi connectivity index (χ2n) is 8.59. The van der Waals surface area contributed by atoms with Crippen molar-refractivity contribution in [3.05, 3.63) is 119 Å². The Kier molecular flexibility index (Phi) is 5.35. The largest absolute Gasteiger partial charge is 0.507 e. The summed E-state index contributed by atoms with van der Waals surface area (Å²) in [6.45, 7) is 0. The van der Waals surface area contributed by atoms with Crippen molar-refractivity contribution in [3.63, 3.8) is 0 Å². The van der Waals surface area contributed by atoms with Crippen molar-refractivity contribution in [2.75, 3.05) is 7.11 Å². The van der Waals surface area contributed by atoms with E-state index in [1.807, 2.05) is 30.3 Å². The highest BCUT2D eigenvalue weighted by Crippen LogP contribution is 2.41. The van der Waals surface area contributed by atoms with Crippen molar-refractivity contribution in [2.45, 2.75) is 18.9 Å². The van der Waals surface area contributed by atoms with Crippen LogP contribution in [0, 0.1) is 0 Å². The van der Waals surface area contributed by atoms with Gasteiger partial charge in [-0.25, -0.2) is 4.99 Å². The molecular formula is C28H21ClN2O3S. The van der Waals surface area contributed by atoms with Crippen LogP contribution in [-0.4, -0.2) is 16.8 Å². The number of phenols is 1. The van der Waals surface area contributed by atoms with Crippen LogP contribution >= 0.6 is 22.9 Å². The number of nitrogens with zero attached hydrogens (tertiary/aromatic N) is 2. The van der Waals surface area contributed by atoms with Gasteiger partial charge in [0.05, 0.1) is 23.4 Å². The van der Waals surface area contributed by atoms with Crippen LogP contribution in [0.3, 0.4) is 0 Å². The monoisotopic (exact) mass is 500 g/mol. The molecule has 1 N–H and O–H groups in total. The van der Waals surface area contributed by atoms with E-state index in [1.165, 1.54) is 23.0 Å². The van der Waals surface area contributed by atoms with Gasteiger partial charge >= 0.3 is 0 Å². The smallest absolute Gasteiger partial charge is 0.271 e. The van der Waals surface area contributed by atoms with Gasteiger partial charge in [-0.2, -0.15) is 0 Å². The van der Waals surface area contributed by atoms with Crippen molar-refractivity contribution in [3.8, 4) is 11.5 Å². The minimum absolute atomic E-state index is 0.0696. The first kappa shape index (κ1) is 21.9. The van der Waals surface area contributed by atoms with Crippen molar-refractivity contribution >= 4 is 34.7 Å². The normalized spacial score (nSPS) is 16.9. The molecule has 0 fully saturated rings. The third-order valence-electron chi connectivity index (χ3n) is 6.58. The SMILES string of the molecule is COc1ccc([C@H]2C3=C(N=c4s/c(=C/c5cc(Cl)ccc5O)c(=O)n42)c2ccccc2CC3)cc1. The van der Waals surface area contributed by atoms with Gasteiger partial charge in [0.15, 0.2) is 4.80 Å². The first-order chi connectivity index (χ1) is 17.0. The van der Waals surface area contributed by atoms with Crippen LogP contribution < -0.4 is 19.6 Å². The van der Waals surface area contributed by atoms with Gasteiger partial charge in [0.1, 0.15) is 11.5 Å². The zero-order valence-corrected chi connectivity index (χ0v) is 20.4. The van der Waals surface area contributed by atoms with Crippen molar-refractivity contribution in [2.24, 2.45) is 4.99 Å². The van der Waals surface area contributed by atoms with Gasteiger partial charge in [0, 0.05) is 16.1 Å². The number of fused-ring (bicyclic) bond motifs is 3. The number of benzene rings is 3. The summed E-state index contributed by atoms with van der Waals surface area (Å²) in [6.07, 6.45) is 3.41. The molecule has 2 aliphatic rings. The first-order valence-electron chi connectivity index (χ1n) is 11.3. The lowest BCUT2D eigenvalue weighted by atomic mass is 9.83. The van der Waals surface area contributed by atoms with Gasteiger partial charge in [-0.05, 0) is 65.9 Å². The number of aryl methyl sites for hydroxylation is 1. The molecule has 0 bridgehead atoms. The molecule has 6 rings (SSSR count). The molecule has 0 spiro atoms. The Bertz CT molecular complexity index is 1680. The summed E-state index contributed by atoms with van der Waals surface area (Å²) in [5, 5.41) is 10.8. The number of allylic oxidation sites excluding steroid dienone is 1. The summed E-state index contributed by atoms with van der Waals surface area (Å²) in [7, 11) is 1.64. The molecule has 0 amide bonds. The third-order valence-corrected chi connectivity index (χ3v) is 7.80. The number of aromatic hydroxyl groups is 1. The fraction of sp³-hybridized carbons (Fsp3) is 0.143. The van der Waals surface area contributed by atoms with E-state index in [2.05, 4.69) is 18.2 Å². The van der Waals surface area contributed by atoms with E-state index in [1.54, 1.807) is 29.9 Å². The van der Waals surface area contributed by atoms with E-state index in [0.717, 1.165) is 41.0 Å². The summed E-state index contributed by atoms with van der Waals surface area (Å²) in [4.78, 5) is 19.4. The fourth-order valence-electron chi connectivity index (χ4n) is 4.89. The number of aromatic nitrogens is 1. The zero-order chi connectivity index (χ0) is 24.1. The van der Waals surface area contributed by atoms with E-state index in [4.69, 9.17) is 21.3 Å². The van der Waals surface area contributed by atoms with Crippen molar-refractivity contribution < 1.29 is 9.84 Å². The van der Waals surface area contributed by atoms with Crippen LogP contribution in [-0.2, 0) is 6.42 Å². The molecule has 2 heterocycles. The van der Waals surface area contributed by atoms with Crippen LogP contribution in [0.15, 0.2) is 82.1 Å². The summed E-state index contributed by atoms with van der Waals surface area (Å²) in [5.41, 5.74) is 5.84. The lowest BCUT2D eigenvalue weighted by Crippen LogP contribution is -2.38. The molecule has 174 valence electrons. The molecule has 1 aromatic heterocycles. The molecule has 0 unspecified atom stereocenters. The Morgan fingerprint density at radius 1 is 1.11 bits per heavy atom. The molecule has 0 radical (unpaired) electrons. The lowest BCUT2D eigenvalue weighted by Gasteiger charge is -2.30. The molecule has 1 aliphatic carbocycles. The average Bonchev–Trinajstić information content (AvgIpc) is 3.19. The van der Waals surface area contributed by atoms with E-state index >= 15 is 0 Å². The minimum atomic E-state index is -0.268. The third kappa shape index (κ3) is 3.70. The Hall–Kier alpha value is -3.61. The highest BCUT2D eigenvalue weighted by Gasteiger charge is 2.32. The number of ether oxygens (including phenoxy) is 1. The molecule has 0 saturated carbocycles. The van der Waals surface area contributed by atoms with Gasteiger partial charge in [0.25, 0.3) is 5.56 Å². The van der Waals surface area contributed by atoms with Gasteiger partial charge in [-0.1, -0.05) is 59.3 Å². The average molecular weight is 501 g/mol. The summed E-state index contributed by atoms with van der Waals surface area (Å²) in [5.74, 6) is 0.834. The molecule has 4 aromatic rings. The molecule has 3 aromatic carbocycles. The number of hydrogen-bond acceptors (Lipinski definition) is 5. The predicted octanol–water partition coefficient (Wildman–Crippen LogP) is 4.69. The quantitative estimate of drug-likeness (QED) is 0.444.